The summed E-state index contributed by atoms with van der Waals surface area (Å²) in [5.41, 5.74) is 1.71. The fourth-order valence-electron chi connectivity index (χ4n) is 1.57. The van der Waals surface area contributed by atoms with Crippen molar-refractivity contribution in [2.45, 2.75) is 13.1 Å². The summed E-state index contributed by atoms with van der Waals surface area (Å²) >= 11 is 3.23. The molecule has 1 heterocycles. The van der Waals surface area contributed by atoms with Crippen molar-refractivity contribution in [3.8, 4) is 0 Å². The quantitative estimate of drug-likeness (QED) is 0.656. The van der Waals surface area contributed by atoms with Crippen molar-refractivity contribution in [3.05, 3.63) is 56.6 Å². The maximum Gasteiger partial charge on any atom is 0.275 e. The molecule has 2 rings (SSSR count). The number of H-pyrrole nitrogens is 1. The normalized spacial score (nSPS) is 10.5. The second-order valence-electron chi connectivity index (χ2n) is 3.71. The van der Waals surface area contributed by atoms with Crippen molar-refractivity contribution in [1.29, 1.82) is 0 Å². The summed E-state index contributed by atoms with van der Waals surface area (Å²) in [6.07, 6.45) is 3.31. The van der Waals surface area contributed by atoms with Crippen LogP contribution in [0.3, 0.4) is 0 Å². The highest BCUT2D eigenvalue weighted by atomic mass is 79.9. The molecule has 0 atom stereocenters. The van der Waals surface area contributed by atoms with Crippen LogP contribution >= 0.6 is 15.9 Å². The molecular formula is C11H11BrN4O2. The Hall–Kier alpha value is -1.73. The average molecular weight is 311 g/mol. The van der Waals surface area contributed by atoms with Crippen molar-refractivity contribution in [2.24, 2.45) is 0 Å². The molecule has 1 aromatic carbocycles. The Morgan fingerprint density at radius 3 is 2.94 bits per heavy atom. The second kappa shape index (κ2) is 5.74. The molecule has 0 aliphatic rings. The van der Waals surface area contributed by atoms with Crippen molar-refractivity contribution >= 4 is 21.6 Å². The Kier molecular flexibility index (Phi) is 4.06. The maximum absolute atomic E-state index is 10.9. The number of imidazole rings is 1. The average Bonchev–Trinajstić information content (AvgIpc) is 2.84. The van der Waals surface area contributed by atoms with Gasteiger partial charge in [-0.3, -0.25) is 10.1 Å². The van der Waals surface area contributed by atoms with Gasteiger partial charge in [0, 0.05) is 41.1 Å². The summed E-state index contributed by atoms with van der Waals surface area (Å²) in [6.45, 7) is 1.02. The van der Waals surface area contributed by atoms with Gasteiger partial charge in [0.1, 0.15) is 0 Å². The number of aromatic nitrogens is 2. The molecule has 1 aromatic heterocycles. The lowest BCUT2D eigenvalue weighted by atomic mass is 10.2. The van der Waals surface area contributed by atoms with E-state index >= 15 is 0 Å². The van der Waals surface area contributed by atoms with Gasteiger partial charge in [-0.05, 0) is 12.1 Å². The Balaban J connectivity index is 2.02. The van der Waals surface area contributed by atoms with E-state index in [1.807, 2.05) is 0 Å². The molecule has 0 aliphatic heterocycles. The topological polar surface area (TPSA) is 83.8 Å². The van der Waals surface area contributed by atoms with Crippen LogP contribution in [0.4, 0.5) is 5.69 Å². The number of halogens is 1. The van der Waals surface area contributed by atoms with Gasteiger partial charge in [-0.25, -0.2) is 4.98 Å². The minimum absolute atomic E-state index is 0.112. The molecule has 0 aliphatic carbocycles. The first kappa shape index (κ1) is 12.7. The van der Waals surface area contributed by atoms with Crippen molar-refractivity contribution in [3.63, 3.8) is 0 Å². The summed E-state index contributed by atoms with van der Waals surface area (Å²) in [6, 6.07) is 5.04. The molecule has 2 N–H and O–H groups in total. The highest BCUT2D eigenvalue weighted by Gasteiger charge is 2.13. The van der Waals surface area contributed by atoms with Crippen molar-refractivity contribution < 1.29 is 4.92 Å². The zero-order chi connectivity index (χ0) is 13.0. The highest BCUT2D eigenvalue weighted by Crippen LogP contribution is 2.23. The largest absolute Gasteiger partial charge is 0.347 e. The van der Waals surface area contributed by atoms with E-state index in [1.54, 1.807) is 24.7 Å². The number of nitrogens with one attached hydrogen (secondary N) is 2. The molecule has 0 bridgehead atoms. The third-order valence-corrected chi connectivity index (χ3v) is 2.92. The smallest absolute Gasteiger partial charge is 0.275 e. The summed E-state index contributed by atoms with van der Waals surface area (Å²) in [7, 11) is 0. The van der Waals surface area contributed by atoms with Gasteiger partial charge >= 0.3 is 0 Å². The molecule has 0 unspecified atom stereocenters. The lowest BCUT2D eigenvalue weighted by Crippen LogP contribution is -2.14. The van der Waals surface area contributed by atoms with Gasteiger partial charge in [0.25, 0.3) is 5.69 Å². The van der Waals surface area contributed by atoms with E-state index in [1.165, 1.54) is 6.07 Å². The number of rotatable bonds is 5. The number of nitrogens with zero attached hydrogens (tertiary/aromatic N) is 2. The molecule has 0 radical (unpaired) electrons. The number of hydrogen-bond donors (Lipinski definition) is 2. The molecule has 0 spiro atoms. The van der Waals surface area contributed by atoms with Gasteiger partial charge in [0.05, 0.1) is 11.3 Å². The SMILES string of the molecule is O=[N+]([O-])c1cc(Br)ccc1CNCc1cnc[nH]1. The third-order valence-electron chi connectivity index (χ3n) is 2.43. The Bertz CT molecular complexity index is 542. The summed E-state index contributed by atoms with van der Waals surface area (Å²) in [5.74, 6) is 0. The fraction of sp³-hybridized carbons (Fsp3) is 0.182. The van der Waals surface area contributed by atoms with E-state index in [0.29, 0.717) is 23.1 Å². The van der Waals surface area contributed by atoms with E-state index in [4.69, 9.17) is 0 Å². The molecule has 18 heavy (non-hydrogen) atoms. The molecule has 0 saturated heterocycles. The van der Waals surface area contributed by atoms with E-state index < -0.39 is 0 Å². The molecule has 0 amide bonds. The summed E-state index contributed by atoms with van der Waals surface area (Å²) < 4.78 is 0.700. The van der Waals surface area contributed by atoms with Crippen LogP contribution in [-0.4, -0.2) is 14.9 Å². The first-order chi connectivity index (χ1) is 8.66. The van der Waals surface area contributed by atoms with Gasteiger partial charge < -0.3 is 10.3 Å². The van der Waals surface area contributed by atoms with Crippen LogP contribution in [0.25, 0.3) is 0 Å². The third kappa shape index (κ3) is 3.14. The van der Waals surface area contributed by atoms with Crippen LogP contribution in [0.5, 0.6) is 0 Å². The van der Waals surface area contributed by atoms with Gasteiger partial charge in [-0.2, -0.15) is 0 Å². The van der Waals surface area contributed by atoms with Crippen LogP contribution in [0.15, 0.2) is 35.2 Å². The highest BCUT2D eigenvalue weighted by molar-refractivity contribution is 9.10. The van der Waals surface area contributed by atoms with Gasteiger partial charge in [0.15, 0.2) is 0 Å². The lowest BCUT2D eigenvalue weighted by Gasteiger charge is -2.05. The van der Waals surface area contributed by atoms with E-state index in [9.17, 15) is 10.1 Å². The molecular weight excluding hydrogens is 300 g/mol. The zero-order valence-corrected chi connectivity index (χ0v) is 11.0. The first-order valence-electron chi connectivity index (χ1n) is 5.27. The van der Waals surface area contributed by atoms with E-state index in [0.717, 1.165) is 5.69 Å². The Labute approximate surface area is 112 Å². The maximum atomic E-state index is 10.9. The van der Waals surface area contributed by atoms with Gasteiger partial charge in [-0.1, -0.05) is 15.9 Å². The number of nitro benzene ring substituents is 1. The monoisotopic (exact) mass is 310 g/mol. The summed E-state index contributed by atoms with van der Waals surface area (Å²) in [4.78, 5) is 17.4. The van der Waals surface area contributed by atoms with E-state index in [2.05, 4.69) is 31.2 Å². The van der Waals surface area contributed by atoms with Crippen LogP contribution in [0, 0.1) is 10.1 Å². The number of benzene rings is 1. The minimum atomic E-state index is -0.377. The zero-order valence-electron chi connectivity index (χ0n) is 9.39. The number of hydrogen-bond acceptors (Lipinski definition) is 4. The molecule has 0 fully saturated rings. The molecule has 0 saturated carbocycles. The Morgan fingerprint density at radius 2 is 2.28 bits per heavy atom. The lowest BCUT2D eigenvalue weighted by molar-refractivity contribution is -0.385. The van der Waals surface area contributed by atoms with Gasteiger partial charge in [-0.15, -0.1) is 0 Å². The van der Waals surface area contributed by atoms with Crippen LogP contribution in [0.1, 0.15) is 11.3 Å². The minimum Gasteiger partial charge on any atom is -0.347 e. The van der Waals surface area contributed by atoms with Gasteiger partial charge in [0.2, 0.25) is 0 Å². The molecule has 6 nitrogen and oxygen atoms in total. The molecule has 7 heteroatoms. The first-order valence-corrected chi connectivity index (χ1v) is 6.07. The standard InChI is InChI=1S/C11H11BrN4O2/c12-9-2-1-8(11(3-9)16(17)18)4-13-5-10-6-14-7-15-10/h1-3,6-7,13H,4-5H2,(H,14,15). The van der Waals surface area contributed by atoms with Crippen LogP contribution in [-0.2, 0) is 13.1 Å². The molecule has 94 valence electrons. The van der Waals surface area contributed by atoms with Crippen LogP contribution < -0.4 is 5.32 Å². The fourth-order valence-corrected chi connectivity index (χ4v) is 1.92. The van der Waals surface area contributed by atoms with Crippen molar-refractivity contribution in [2.75, 3.05) is 0 Å². The molecule has 2 aromatic rings. The Morgan fingerprint density at radius 1 is 1.44 bits per heavy atom. The second-order valence-corrected chi connectivity index (χ2v) is 4.63. The predicted molar refractivity (Wildman–Crippen MR) is 69.9 cm³/mol. The van der Waals surface area contributed by atoms with Crippen molar-refractivity contribution in [1.82, 2.24) is 15.3 Å². The van der Waals surface area contributed by atoms with E-state index in [-0.39, 0.29) is 10.6 Å². The summed E-state index contributed by atoms with van der Waals surface area (Å²) in [5, 5.41) is 14.0. The van der Waals surface area contributed by atoms with Crippen LogP contribution in [0.2, 0.25) is 0 Å². The number of nitro groups is 1. The number of aromatic amines is 1. The predicted octanol–water partition coefficient (Wildman–Crippen LogP) is 2.37.